The Balaban J connectivity index is 2.68. The highest BCUT2D eigenvalue weighted by atomic mass is 19.1. The van der Waals surface area contributed by atoms with Crippen LogP contribution in [0.5, 0.6) is 0 Å². The van der Waals surface area contributed by atoms with Gasteiger partial charge in [0.15, 0.2) is 0 Å². The van der Waals surface area contributed by atoms with Crippen LogP contribution in [0.15, 0.2) is 18.2 Å². The molecule has 0 aliphatic heterocycles. The molecule has 1 atom stereocenters. The molecule has 0 aromatic heterocycles. The molecule has 1 N–H and O–H groups in total. The van der Waals surface area contributed by atoms with E-state index in [1.165, 1.54) is 6.07 Å². The SMILES string of the molecule is CNC(CCOC(C)C)c1cc(F)ccc1C. The summed E-state index contributed by atoms with van der Waals surface area (Å²) in [6.45, 7) is 6.71. The highest BCUT2D eigenvalue weighted by molar-refractivity contribution is 5.29. The molecule has 0 spiro atoms. The Morgan fingerprint density at radius 2 is 2.06 bits per heavy atom. The number of rotatable bonds is 6. The number of aryl methyl sites for hydroxylation is 1. The van der Waals surface area contributed by atoms with Gasteiger partial charge in [0, 0.05) is 12.6 Å². The van der Waals surface area contributed by atoms with E-state index in [1.807, 2.05) is 33.9 Å². The van der Waals surface area contributed by atoms with E-state index in [1.54, 1.807) is 6.07 Å². The first-order valence-electron chi connectivity index (χ1n) is 6.09. The topological polar surface area (TPSA) is 21.3 Å². The Labute approximate surface area is 103 Å². The van der Waals surface area contributed by atoms with Gasteiger partial charge in [0.25, 0.3) is 0 Å². The number of halogens is 1. The van der Waals surface area contributed by atoms with Gasteiger partial charge in [-0.3, -0.25) is 0 Å². The average molecular weight is 239 g/mol. The van der Waals surface area contributed by atoms with E-state index in [2.05, 4.69) is 5.32 Å². The van der Waals surface area contributed by atoms with Gasteiger partial charge in [0.05, 0.1) is 6.10 Å². The molecule has 1 unspecified atom stereocenters. The second-order valence-electron chi connectivity index (χ2n) is 4.55. The van der Waals surface area contributed by atoms with Gasteiger partial charge in [0.1, 0.15) is 5.82 Å². The van der Waals surface area contributed by atoms with Crippen molar-refractivity contribution in [3.8, 4) is 0 Å². The lowest BCUT2D eigenvalue weighted by molar-refractivity contribution is 0.0719. The third kappa shape index (κ3) is 4.44. The quantitative estimate of drug-likeness (QED) is 0.823. The third-order valence-corrected chi connectivity index (χ3v) is 2.82. The zero-order valence-corrected chi connectivity index (χ0v) is 11.1. The zero-order chi connectivity index (χ0) is 12.8. The van der Waals surface area contributed by atoms with E-state index in [0.29, 0.717) is 6.61 Å². The summed E-state index contributed by atoms with van der Waals surface area (Å²) in [5.41, 5.74) is 2.12. The molecule has 1 rings (SSSR count). The summed E-state index contributed by atoms with van der Waals surface area (Å²) in [6, 6.07) is 5.06. The minimum absolute atomic E-state index is 0.143. The van der Waals surface area contributed by atoms with Crippen molar-refractivity contribution in [2.75, 3.05) is 13.7 Å². The molecule has 0 fully saturated rings. The van der Waals surface area contributed by atoms with Gasteiger partial charge >= 0.3 is 0 Å². The zero-order valence-electron chi connectivity index (χ0n) is 11.1. The number of hydrogen-bond acceptors (Lipinski definition) is 2. The molecule has 0 bridgehead atoms. The first-order valence-corrected chi connectivity index (χ1v) is 6.09. The van der Waals surface area contributed by atoms with Crippen LogP contribution < -0.4 is 5.32 Å². The summed E-state index contributed by atoms with van der Waals surface area (Å²) in [5.74, 6) is -0.185. The maximum Gasteiger partial charge on any atom is 0.123 e. The smallest absolute Gasteiger partial charge is 0.123 e. The molecule has 2 nitrogen and oxygen atoms in total. The van der Waals surface area contributed by atoms with Crippen molar-refractivity contribution >= 4 is 0 Å². The molecular weight excluding hydrogens is 217 g/mol. The van der Waals surface area contributed by atoms with Crippen molar-refractivity contribution in [2.45, 2.75) is 39.3 Å². The normalized spacial score (nSPS) is 13.1. The van der Waals surface area contributed by atoms with Crippen LogP contribution in [0, 0.1) is 12.7 Å². The standard InChI is InChI=1S/C14H22FNO/c1-10(2)17-8-7-14(16-4)13-9-12(15)6-5-11(13)3/h5-6,9-10,14,16H,7-8H2,1-4H3. The highest BCUT2D eigenvalue weighted by Crippen LogP contribution is 2.21. The van der Waals surface area contributed by atoms with Gasteiger partial charge in [-0.1, -0.05) is 6.07 Å². The Morgan fingerprint density at radius 1 is 1.35 bits per heavy atom. The molecule has 0 saturated heterocycles. The Kier molecular flexibility index (Phi) is 5.59. The van der Waals surface area contributed by atoms with E-state index >= 15 is 0 Å². The number of nitrogens with one attached hydrogen (secondary N) is 1. The average Bonchev–Trinajstić information content (AvgIpc) is 2.28. The molecule has 1 aromatic rings. The molecule has 17 heavy (non-hydrogen) atoms. The molecule has 0 saturated carbocycles. The highest BCUT2D eigenvalue weighted by Gasteiger charge is 2.12. The van der Waals surface area contributed by atoms with Crippen molar-refractivity contribution in [1.82, 2.24) is 5.32 Å². The van der Waals surface area contributed by atoms with E-state index in [4.69, 9.17) is 4.74 Å². The molecule has 0 aliphatic carbocycles. The second kappa shape index (κ2) is 6.72. The van der Waals surface area contributed by atoms with Crippen LogP contribution in [0.25, 0.3) is 0 Å². The van der Waals surface area contributed by atoms with Gasteiger partial charge in [0.2, 0.25) is 0 Å². The lowest BCUT2D eigenvalue weighted by atomic mass is 9.99. The number of benzene rings is 1. The molecule has 0 aliphatic rings. The maximum atomic E-state index is 13.2. The van der Waals surface area contributed by atoms with Gasteiger partial charge < -0.3 is 10.1 Å². The van der Waals surface area contributed by atoms with Crippen LogP contribution >= 0.6 is 0 Å². The summed E-state index contributed by atoms with van der Waals surface area (Å²) in [4.78, 5) is 0. The summed E-state index contributed by atoms with van der Waals surface area (Å²) < 4.78 is 18.8. The Hall–Kier alpha value is -0.930. The predicted octanol–water partition coefficient (Wildman–Crippen LogP) is 3.21. The molecule has 0 amide bonds. The van der Waals surface area contributed by atoms with Gasteiger partial charge in [-0.25, -0.2) is 4.39 Å². The van der Waals surface area contributed by atoms with Crippen LogP contribution in [-0.2, 0) is 4.74 Å². The van der Waals surface area contributed by atoms with Crippen molar-refractivity contribution in [1.29, 1.82) is 0 Å². The molecule has 3 heteroatoms. The summed E-state index contributed by atoms with van der Waals surface area (Å²) in [6.07, 6.45) is 1.08. The van der Waals surface area contributed by atoms with E-state index in [0.717, 1.165) is 17.5 Å². The Morgan fingerprint density at radius 3 is 2.65 bits per heavy atom. The van der Waals surface area contributed by atoms with Gasteiger partial charge in [-0.05, 0) is 57.5 Å². The summed E-state index contributed by atoms with van der Waals surface area (Å²) >= 11 is 0. The monoisotopic (exact) mass is 239 g/mol. The van der Waals surface area contributed by atoms with Crippen LogP contribution in [-0.4, -0.2) is 19.8 Å². The van der Waals surface area contributed by atoms with E-state index in [9.17, 15) is 4.39 Å². The van der Waals surface area contributed by atoms with Crippen LogP contribution in [0.3, 0.4) is 0 Å². The minimum Gasteiger partial charge on any atom is -0.379 e. The van der Waals surface area contributed by atoms with Crippen LogP contribution in [0.2, 0.25) is 0 Å². The van der Waals surface area contributed by atoms with Crippen molar-refractivity contribution in [3.05, 3.63) is 35.1 Å². The summed E-state index contributed by atoms with van der Waals surface area (Å²) in [7, 11) is 1.89. The van der Waals surface area contributed by atoms with Gasteiger partial charge in [-0.15, -0.1) is 0 Å². The summed E-state index contributed by atoms with van der Waals surface area (Å²) in [5, 5.41) is 3.21. The lowest BCUT2D eigenvalue weighted by Gasteiger charge is -2.19. The maximum absolute atomic E-state index is 13.2. The fourth-order valence-electron chi connectivity index (χ4n) is 1.86. The molecule has 0 radical (unpaired) electrons. The number of ether oxygens (including phenoxy) is 1. The minimum atomic E-state index is -0.185. The second-order valence-corrected chi connectivity index (χ2v) is 4.55. The molecular formula is C14H22FNO. The Bertz CT molecular complexity index is 352. The van der Waals surface area contributed by atoms with Crippen LogP contribution in [0.1, 0.15) is 37.4 Å². The third-order valence-electron chi connectivity index (χ3n) is 2.82. The van der Waals surface area contributed by atoms with Crippen LogP contribution in [0.4, 0.5) is 4.39 Å². The predicted molar refractivity (Wildman–Crippen MR) is 68.6 cm³/mol. The van der Waals surface area contributed by atoms with E-state index < -0.39 is 0 Å². The van der Waals surface area contributed by atoms with E-state index in [-0.39, 0.29) is 18.0 Å². The lowest BCUT2D eigenvalue weighted by Crippen LogP contribution is -2.20. The first-order chi connectivity index (χ1) is 8.04. The number of hydrogen-bond donors (Lipinski definition) is 1. The molecule has 96 valence electrons. The van der Waals surface area contributed by atoms with Gasteiger partial charge in [-0.2, -0.15) is 0 Å². The van der Waals surface area contributed by atoms with Crippen molar-refractivity contribution in [2.24, 2.45) is 0 Å². The molecule has 0 heterocycles. The first kappa shape index (κ1) is 14.1. The fraction of sp³-hybridized carbons (Fsp3) is 0.571. The largest absolute Gasteiger partial charge is 0.379 e. The van der Waals surface area contributed by atoms with Crippen molar-refractivity contribution in [3.63, 3.8) is 0 Å². The molecule has 1 aromatic carbocycles. The fourth-order valence-corrected chi connectivity index (χ4v) is 1.86. The van der Waals surface area contributed by atoms with Crippen molar-refractivity contribution < 1.29 is 9.13 Å².